The molecule has 0 aromatic heterocycles. The van der Waals surface area contributed by atoms with Crippen LogP contribution >= 0.6 is 0 Å². The molecule has 0 saturated carbocycles. The van der Waals surface area contributed by atoms with Crippen LogP contribution in [0.1, 0.15) is 62.5 Å². The number of carbonyl (C=O) groups excluding carboxylic acids is 2. The number of rotatable bonds is 8. The van der Waals surface area contributed by atoms with Crippen LogP contribution in [-0.2, 0) is 14.3 Å². The van der Waals surface area contributed by atoms with Crippen LogP contribution < -0.4 is 5.32 Å². The predicted molar refractivity (Wildman–Crippen MR) is 133 cm³/mol. The molecule has 0 radical (unpaired) electrons. The molecule has 1 saturated heterocycles. The van der Waals surface area contributed by atoms with Gasteiger partial charge < -0.3 is 20.1 Å². The third-order valence-electron chi connectivity index (χ3n) is 7.15. The number of carboxylic acids is 1. The topological polar surface area (TPSA) is 95.9 Å². The number of amides is 2. The second kappa shape index (κ2) is 11.4. The van der Waals surface area contributed by atoms with Crippen molar-refractivity contribution in [3.8, 4) is 11.1 Å². The predicted octanol–water partition coefficient (Wildman–Crippen LogP) is 4.80. The molecule has 2 aromatic carbocycles. The highest BCUT2D eigenvalue weighted by molar-refractivity contribution is 5.83. The molecule has 2 aromatic rings. The van der Waals surface area contributed by atoms with Gasteiger partial charge in [-0.2, -0.15) is 0 Å². The number of benzene rings is 2. The number of fused-ring (bicyclic) bond motifs is 3. The van der Waals surface area contributed by atoms with Gasteiger partial charge in [0.1, 0.15) is 12.6 Å². The second-order valence-corrected chi connectivity index (χ2v) is 9.64. The van der Waals surface area contributed by atoms with Gasteiger partial charge in [0, 0.05) is 25.4 Å². The van der Waals surface area contributed by atoms with Crippen molar-refractivity contribution in [2.24, 2.45) is 5.92 Å². The van der Waals surface area contributed by atoms with E-state index in [-0.39, 0.29) is 30.8 Å². The maximum absolute atomic E-state index is 12.7. The molecule has 7 heteroatoms. The van der Waals surface area contributed by atoms with Gasteiger partial charge in [-0.1, -0.05) is 68.3 Å². The summed E-state index contributed by atoms with van der Waals surface area (Å²) in [5.74, 6) is -0.966. The molecular weight excluding hydrogens is 444 g/mol. The fourth-order valence-corrected chi connectivity index (χ4v) is 5.19. The normalized spacial score (nSPS) is 18.2. The molecule has 1 heterocycles. The summed E-state index contributed by atoms with van der Waals surface area (Å²) in [7, 11) is 0. The quantitative estimate of drug-likeness (QED) is 0.568. The van der Waals surface area contributed by atoms with Crippen LogP contribution in [0.5, 0.6) is 0 Å². The lowest BCUT2D eigenvalue weighted by Gasteiger charge is -2.27. The van der Waals surface area contributed by atoms with Crippen molar-refractivity contribution in [3.63, 3.8) is 0 Å². The van der Waals surface area contributed by atoms with E-state index in [0.29, 0.717) is 25.9 Å². The van der Waals surface area contributed by atoms with Gasteiger partial charge in [-0.3, -0.25) is 4.79 Å². The minimum atomic E-state index is -0.926. The van der Waals surface area contributed by atoms with Crippen LogP contribution in [0.3, 0.4) is 0 Å². The van der Waals surface area contributed by atoms with E-state index in [1.807, 2.05) is 31.2 Å². The first-order valence-corrected chi connectivity index (χ1v) is 12.6. The molecular formula is C28H34N2O5. The molecule has 1 fully saturated rings. The minimum absolute atomic E-state index is 0.0130. The first-order chi connectivity index (χ1) is 17.0. The molecule has 1 aliphatic heterocycles. The van der Waals surface area contributed by atoms with E-state index in [2.05, 4.69) is 29.6 Å². The number of likely N-dealkylation sites (tertiary alicyclic amines) is 1. The number of hydrogen-bond donors (Lipinski definition) is 2. The average molecular weight is 479 g/mol. The Bertz CT molecular complexity index is 1020. The number of alkyl carbamates (subject to hydrolysis) is 1. The van der Waals surface area contributed by atoms with Crippen molar-refractivity contribution in [3.05, 3.63) is 59.7 Å². The molecule has 2 N–H and O–H groups in total. The SMILES string of the molecule is CC(CCC(=O)N1CCCCCC1C(=O)O)CNC(=O)OCC1c2ccccc2-c2ccccc21. The van der Waals surface area contributed by atoms with Gasteiger partial charge in [0.25, 0.3) is 0 Å². The van der Waals surface area contributed by atoms with Crippen molar-refractivity contribution in [1.29, 1.82) is 0 Å². The van der Waals surface area contributed by atoms with Crippen LogP contribution in [0.2, 0.25) is 0 Å². The highest BCUT2D eigenvalue weighted by Crippen LogP contribution is 2.44. The van der Waals surface area contributed by atoms with Gasteiger partial charge in [-0.25, -0.2) is 9.59 Å². The van der Waals surface area contributed by atoms with Crippen molar-refractivity contribution < 1.29 is 24.2 Å². The maximum Gasteiger partial charge on any atom is 0.407 e. The summed E-state index contributed by atoms with van der Waals surface area (Å²) in [6.07, 6.45) is 3.52. The van der Waals surface area contributed by atoms with E-state index in [1.165, 1.54) is 27.2 Å². The van der Waals surface area contributed by atoms with Gasteiger partial charge in [-0.15, -0.1) is 0 Å². The zero-order valence-electron chi connectivity index (χ0n) is 20.2. The monoisotopic (exact) mass is 478 g/mol. The summed E-state index contributed by atoms with van der Waals surface area (Å²) < 4.78 is 5.57. The fraction of sp³-hybridized carbons (Fsp3) is 0.464. The van der Waals surface area contributed by atoms with Crippen LogP contribution in [0.4, 0.5) is 4.79 Å². The molecule has 186 valence electrons. The lowest BCUT2D eigenvalue weighted by Crippen LogP contribution is -2.44. The average Bonchev–Trinajstić information content (AvgIpc) is 3.00. The number of ether oxygens (including phenoxy) is 1. The summed E-state index contributed by atoms with van der Waals surface area (Å²) >= 11 is 0. The summed E-state index contributed by atoms with van der Waals surface area (Å²) in [5.41, 5.74) is 4.71. The largest absolute Gasteiger partial charge is 0.480 e. The smallest absolute Gasteiger partial charge is 0.407 e. The lowest BCUT2D eigenvalue weighted by atomic mass is 9.98. The fourth-order valence-electron chi connectivity index (χ4n) is 5.19. The summed E-state index contributed by atoms with van der Waals surface area (Å²) in [4.78, 5) is 38.2. The summed E-state index contributed by atoms with van der Waals surface area (Å²) in [6.45, 7) is 3.13. The standard InChI is InChI=1S/C28H34N2O5/c1-19(14-15-26(31)30-16-8-2-3-13-25(30)27(32)33)17-29-28(34)35-18-24-22-11-6-4-9-20(22)21-10-5-7-12-23(21)24/h4-7,9-12,19,24-25H,2-3,8,13-18H2,1H3,(H,29,34)(H,32,33). The van der Waals surface area contributed by atoms with E-state index in [0.717, 1.165) is 19.3 Å². The van der Waals surface area contributed by atoms with Crippen molar-refractivity contribution in [1.82, 2.24) is 10.2 Å². The van der Waals surface area contributed by atoms with Gasteiger partial charge >= 0.3 is 12.1 Å². The lowest BCUT2D eigenvalue weighted by molar-refractivity contribution is -0.150. The van der Waals surface area contributed by atoms with Crippen molar-refractivity contribution in [2.45, 2.75) is 57.4 Å². The van der Waals surface area contributed by atoms with Crippen molar-refractivity contribution in [2.75, 3.05) is 19.7 Å². The van der Waals surface area contributed by atoms with E-state index < -0.39 is 18.1 Å². The van der Waals surface area contributed by atoms with E-state index >= 15 is 0 Å². The Morgan fingerprint density at radius 3 is 2.34 bits per heavy atom. The van der Waals surface area contributed by atoms with Gasteiger partial charge in [0.15, 0.2) is 0 Å². The van der Waals surface area contributed by atoms with Gasteiger partial charge in [-0.05, 0) is 47.4 Å². The Kier molecular flexibility index (Phi) is 8.06. The molecule has 2 atom stereocenters. The van der Waals surface area contributed by atoms with E-state index in [4.69, 9.17) is 4.74 Å². The Hall–Kier alpha value is -3.35. The van der Waals surface area contributed by atoms with E-state index in [9.17, 15) is 19.5 Å². The van der Waals surface area contributed by atoms with Crippen LogP contribution in [-0.4, -0.2) is 53.7 Å². The Labute approximate surface area is 206 Å². The molecule has 0 spiro atoms. The van der Waals surface area contributed by atoms with Gasteiger partial charge in [0.05, 0.1) is 0 Å². The molecule has 2 amide bonds. The first-order valence-electron chi connectivity index (χ1n) is 12.6. The minimum Gasteiger partial charge on any atom is -0.480 e. The third-order valence-corrected chi connectivity index (χ3v) is 7.15. The molecule has 4 rings (SSSR count). The summed E-state index contributed by atoms with van der Waals surface area (Å²) in [6, 6.07) is 15.7. The summed E-state index contributed by atoms with van der Waals surface area (Å²) in [5, 5.41) is 12.3. The Morgan fingerprint density at radius 1 is 1.03 bits per heavy atom. The number of nitrogens with zero attached hydrogens (tertiary/aromatic N) is 1. The third kappa shape index (κ3) is 5.84. The maximum atomic E-state index is 12.7. The molecule has 2 unspecified atom stereocenters. The highest BCUT2D eigenvalue weighted by atomic mass is 16.5. The van der Waals surface area contributed by atoms with Crippen LogP contribution in [0, 0.1) is 5.92 Å². The van der Waals surface area contributed by atoms with Crippen LogP contribution in [0.15, 0.2) is 48.5 Å². The first kappa shape index (κ1) is 24.8. The second-order valence-electron chi connectivity index (χ2n) is 9.64. The zero-order valence-corrected chi connectivity index (χ0v) is 20.2. The number of nitrogens with one attached hydrogen (secondary N) is 1. The Morgan fingerprint density at radius 2 is 1.69 bits per heavy atom. The van der Waals surface area contributed by atoms with Crippen LogP contribution in [0.25, 0.3) is 11.1 Å². The number of hydrogen-bond acceptors (Lipinski definition) is 4. The molecule has 0 bridgehead atoms. The van der Waals surface area contributed by atoms with E-state index in [1.54, 1.807) is 0 Å². The zero-order chi connectivity index (χ0) is 24.8. The van der Waals surface area contributed by atoms with Gasteiger partial charge in [0.2, 0.25) is 5.91 Å². The number of carboxylic acid groups (broad SMARTS) is 1. The molecule has 35 heavy (non-hydrogen) atoms. The number of carbonyl (C=O) groups is 3. The molecule has 2 aliphatic rings. The highest BCUT2D eigenvalue weighted by Gasteiger charge is 2.31. The number of aliphatic carboxylic acids is 1. The van der Waals surface area contributed by atoms with Crippen molar-refractivity contribution >= 4 is 18.0 Å². The Balaban J connectivity index is 1.23. The molecule has 1 aliphatic carbocycles. The molecule has 7 nitrogen and oxygen atoms in total.